The van der Waals surface area contributed by atoms with Crippen LogP contribution in [0.25, 0.3) is 0 Å². The normalized spacial score (nSPS) is 19.1. The molecule has 29 heavy (non-hydrogen) atoms. The maximum atomic E-state index is 12.7. The highest BCUT2D eigenvalue weighted by Gasteiger charge is 2.22. The van der Waals surface area contributed by atoms with Crippen molar-refractivity contribution in [1.82, 2.24) is 15.2 Å². The number of nitrogens with zero attached hydrogens (tertiary/aromatic N) is 2. The first kappa shape index (κ1) is 21.0. The number of hydrogen-bond acceptors (Lipinski definition) is 4. The highest BCUT2D eigenvalue weighted by Crippen LogP contribution is 2.13. The minimum absolute atomic E-state index is 0.0734. The van der Waals surface area contributed by atoms with Crippen LogP contribution in [0.3, 0.4) is 0 Å². The molecule has 2 amide bonds. The third-order valence-electron chi connectivity index (χ3n) is 5.25. The summed E-state index contributed by atoms with van der Waals surface area (Å²) in [7, 11) is 0. The first-order valence-corrected chi connectivity index (χ1v) is 10.4. The van der Waals surface area contributed by atoms with E-state index in [1.807, 2.05) is 43.3 Å². The number of aromatic nitrogens is 1. The Labute approximate surface area is 172 Å². The van der Waals surface area contributed by atoms with Crippen LogP contribution in [-0.4, -0.2) is 40.8 Å². The molecular weight excluding hydrogens is 364 g/mol. The Morgan fingerprint density at radius 1 is 1.10 bits per heavy atom. The van der Waals surface area contributed by atoms with E-state index in [0.717, 1.165) is 43.6 Å². The van der Waals surface area contributed by atoms with Crippen LogP contribution in [0.15, 0.2) is 48.8 Å². The van der Waals surface area contributed by atoms with Gasteiger partial charge in [0.05, 0.1) is 0 Å². The lowest BCUT2D eigenvalue weighted by Crippen LogP contribution is -2.44. The first-order valence-electron chi connectivity index (χ1n) is 10.4. The van der Waals surface area contributed by atoms with E-state index < -0.39 is 6.04 Å². The number of carbonyl (C=O) groups is 2. The third-order valence-corrected chi connectivity index (χ3v) is 5.25. The van der Waals surface area contributed by atoms with E-state index in [1.165, 1.54) is 5.56 Å². The summed E-state index contributed by atoms with van der Waals surface area (Å²) >= 11 is 0. The molecule has 6 nitrogen and oxygen atoms in total. The molecule has 1 aliphatic heterocycles. The highest BCUT2D eigenvalue weighted by molar-refractivity contribution is 5.97. The third kappa shape index (κ3) is 6.98. The van der Waals surface area contributed by atoms with Crippen LogP contribution >= 0.6 is 0 Å². The van der Waals surface area contributed by atoms with Gasteiger partial charge in [-0.15, -0.1) is 0 Å². The zero-order valence-corrected chi connectivity index (χ0v) is 17.1. The fourth-order valence-electron chi connectivity index (χ4n) is 3.54. The lowest BCUT2D eigenvalue weighted by molar-refractivity contribution is -0.126. The van der Waals surface area contributed by atoms with E-state index in [2.05, 4.69) is 20.5 Å². The Hall–Kier alpha value is -2.73. The Balaban J connectivity index is 1.57. The van der Waals surface area contributed by atoms with Gasteiger partial charge in [-0.05, 0) is 56.1 Å². The van der Waals surface area contributed by atoms with E-state index >= 15 is 0 Å². The molecule has 1 fully saturated rings. The number of benzene rings is 1. The van der Waals surface area contributed by atoms with E-state index in [-0.39, 0.29) is 11.8 Å². The molecule has 0 aliphatic carbocycles. The SMILES string of the molecule is Cc1ccc(NC(=O)C2CCCCCN(Cc3ccncc3)CCC(=O)N2)cc1. The van der Waals surface area contributed by atoms with Crippen LogP contribution in [0, 0.1) is 6.92 Å². The van der Waals surface area contributed by atoms with Gasteiger partial charge in [0.2, 0.25) is 11.8 Å². The molecule has 6 heteroatoms. The van der Waals surface area contributed by atoms with Crippen LogP contribution in [0.4, 0.5) is 5.69 Å². The minimum Gasteiger partial charge on any atom is -0.344 e. The molecule has 1 atom stereocenters. The minimum atomic E-state index is -0.490. The second kappa shape index (κ2) is 10.7. The van der Waals surface area contributed by atoms with Gasteiger partial charge >= 0.3 is 0 Å². The maximum Gasteiger partial charge on any atom is 0.246 e. The van der Waals surface area contributed by atoms with Crippen molar-refractivity contribution in [3.63, 3.8) is 0 Å². The number of nitrogens with one attached hydrogen (secondary N) is 2. The monoisotopic (exact) mass is 394 g/mol. The maximum absolute atomic E-state index is 12.7. The summed E-state index contributed by atoms with van der Waals surface area (Å²) in [6, 6.07) is 11.2. The van der Waals surface area contributed by atoms with E-state index in [9.17, 15) is 9.59 Å². The van der Waals surface area contributed by atoms with E-state index in [4.69, 9.17) is 0 Å². The number of rotatable bonds is 4. The molecule has 0 radical (unpaired) electrons. The van der Waals surface area contributed by atoms with Gasteiger partial charge in [0.25, 0.3) is 0 Å². The zero-order valence-electron chi connectivity index (χ0n) is 17.1. The number of aryl methyl sites for hydroxylation is 1. The molecule has 1 saturated heterocycles. The lowest BCUT2D eigenvalue weighted by Gasteiger charge is -2.22. The average Bonchev–Trinajstić information content (AvgIpc) is 2.76. The van der Waals surface area contributed by atoms with Crippen molar-refractivity contribution in [2.75, 3.05) is 18.4 Å². The molecule has 154 valence electrons. The number of pyridine rings is 1. The molecule has 0 saturated carbocycles. The standard InChI is InChI=1S/C23H30N4O2/c1-18-6-8-20(9-7-18)25-23(29)21-5-3-2-4-15-27(16-12-22(28)26-21)17-19-10-13-24-14-11-19/h6-11,13-14,21H,2-5,12,15-17H2,1H3,(H,25,29)(H,26,28). The van der Waals surface area contributed by atoms with Crippen molar-refractivity contribution in [2.45, 2.75) is 51.6 Å². The van der Waals surface area contributed by atoms with Crippen LogP contribution in [0.1, 0.15) is 43.2 Å². The summed E-state index contributed by atoms with van der Waals surface area (Å²) in [5.74, 6) is -0.217. The van der Waals surface area contributed by atoms with Crippen LogP contribution < -0.4 is 10.6 Å². The molecule has 0 bridgehead atoms. The number of anilines is 1. The van der Waals surface area contributed by atoms with Gasteiger partial charge in [-0.25, -0.2) is 0 Å². The highest BCUT2D eigenvalue weighted by atomic mass is 16.2. The van der Waals surface area contributed by atoms with Gasteiger partial charge in [0.1, 0.15) is 6.04 Å². The number of hydrogen-bond donors (Lipinski definition) is 2. The molecule has 1 aliphatic rings. The van der Waals surface area contributed by atoms with Gasteiger partial charge in [-0.1, -0.05) is 30.5 Å². The Kier molecular flexibility index (Phi) is 7.76. The van der Waals surface area contributed by atoms with Gasteiger partial charge in [-0.2, -0.15) is 0 Å². The lowest BCUT2D eigenvalue weighted by atomic mass is 10.1. The summed E-state index contributed by atoms with van der Waals surface area (Å²) in [5, 5.41) is 5.87. The Morgan fingerprint density at radius 3 is 2.62 bits per heavy atom. The second-order valence-corrected chi connectivity index (χ2v) is 7.71. The Morgan fingerprint density at radius 2 is 1.86 bits per heavy atom. The smallest absolute Gasteiger partial charge is 0.246 e. The van der Waals surface area contributed by atoms with E-state index in [0.29, 0.717) is 19.4 Å². The van der Waals surface area contributed by atoms with Gasteiger partial charge in [0, 0.05) is 37.6 Å². The van der Waals surface area contributed by atoms with Gasteiger partial charge < -0.3 is 10.6 Å². The molecular formula is C23H30N4O2. The molecule has 2 N–H and O–H groups in total. The number of carbonyl (C=O) groups excluding carboxylic acids is 2. The van der Waals surface area contributed by atoms with Crippen LogP contribution in [0.5, 0.6) is 0 Å². The summed E-state index contributed by atoms with van der Waals surface area (Å²) in [5.41, 5.74) is 3.10. The second-order valence-electron chi connectivity index (χ2n) is 7.71. The van der Waals surface area contributed by atoms with Crippen molar-refractivity contribution in [3.8, 4) is 0 Å². The Bertz CT molecular complexity index is 792. The van der Waals surface area contributed by atoms with Crippen molar-refractivity contribution in [3.05, 3.63) is 59.9 Å². The van der Waals surface area contributed by atoms with Crippen molar-refractivity contribution < 1.29 is 9.59 Å². The fourth-order valence-corrected chi connectivity index (χ4v) is 3.54. The van der Waals surface area contributed by atoms with Gasteiger partial charge in [0.15, 0.2) is 0 Å². The van der Waals surface area contributed by atoms with E-state index in [1.54, 1.807) is 12.4 Å². The molecule has 2 heterocycles. The average molecular weight is 395 g/mol. The molecule has 0 spiro atoms. The van der Waals surface area contributed by atoms with Crippen molar-refractivity contribution >= 4 is 17.5 Å². The van der Waals surface area contributed by atoms with Crippen molar-refractivity contribution in [1.29, 1.82) is 0 Å². The first-order chi connectivity index (χ1) is 14.1. The summed E-state index contributed by atoms with van der Waals surface area (Å²) in [6.45, 7) is 4.46. The summed E-state index contributed by atoms with van der Waals surface area (Å²) < 4.78 is 0. The number of amides is 2. The molecule has 1 unspecified atom stereocenters. The molecule has 3 rings (SSSR count). The molecule has 1 aromatic heterocycles. The molecule has 2 aromatic rings. The topological polar surface area (TPSA) is 74.3 Å². The van der Waals surface area contributed by atoms with Crippen LogP contribution in [-0.2, 0) is 16.1 Å². The zero-order chi connectivity index (χ0) is 20.5. The predicted molar refractivity (Wildman–Crippen MR) is 114 cm³/mol. The van der Waals surface area contributed by atoms with Crippen molar-refractivity contribution in [2.24, 2.45) is 0 Å². The van der Waals surface area contributed by atoms with Gasteiger partial charge in [-0.3, -0.25) is 19.5 Å². The largest absolute Gasteiger partial charge is 0.344 e. The summed E-state index contributed by atoms with van der Waals surface area (Å²) in [6.07, 6.45) is 7.66. The fraction of sp³-hybridized carbons (Fsp3) is 0.435. The molecule has 1 aromatic carbocycles. The predicted octanol–water partition coefficient (Wildman–Crippen LogP) is 3.28. The van der Waals surface area contributed by atoms with Crippen LogP contribution in [0.2, 0.25) is 0 Å². The summed E-state index contributed by atoms with van der Waals surface area (Å²) in [4.78, 5) is 31.6. The quantitative estimate of drug-likeness (QED) is 0.835.